The van der Waals surface area contributed by atoms with Gasteiger partial charge in [0.05, 0.1) is 23.9 Å². The molecule has 0 saturated carbocycles. The molecular weight excluding hydrogens is 428 g/mol. The first-order chi connectivity index (χ1) is 14.8. The summed E-state index contributed by atoms with van der Waals surface area (Å²) in [5, 5.41) is 10.9. The lowest BCUT2D eigenvalue weighted by atomic mass is 10.1. The summed E-state index contributed by atoms with van der Waals surface area (Å²) in [5.41, 5.74) is 0.00952. The number of amides is 1. The zero-order valence-corrected chi connectivity index (χ0v) is 20.6. The molecule has 32 heavy (non-hydrogen) atoms. The maximum atomic E-state index is 13.1. The van der Waals surface area contributed by atoms with Crippen molar-refractivity contribution < 1.29 is 18.9 Å². The van der Waals surface area contributed by atoms with Crippen LogP contribution in [0.4, 0.5) is 10.5 Å². The average Bonchev–Trinajstić information content (AvgIpc) is 3.34. The van der Waals surface area contributed by atoms with Crippen LogP contribution in [0.2, 0.25) is 18.1 Å². The highest BCUT2D eigenvalue weighted by molar-refractivity contribution is 6.74. The quantitative estimate of drug-likeness (QED) is 0.345. The Balaban J connectivity index is 1.75. The van der Waals surface area contributed by atoms with Crippen molar-refractivity contribution in [2.45, 2.75) is 70.6 Å². The first kappa shape index (κ1) is 23.9. The first-order valence-electron chi connectivity index (χ1n) is 10.7. The van der Waals surface area contributed by atoms with Gasteiger partial charge in [0.2, 0.25) is 0 Å². The van der Waals surface area contributed by atoms with Gasteiger partial charge >= 0.3 is 6.09 Å². The number of aromatic nitrogens is 2. The summed E-state index contributed by atoms with van der Waals surface area (Å²) in [6.45, 7) is 13.4. The number of hydrogen-bond acceptors (Lipinski definition) is 6. The van der Waals surface area contributed by atoms with Crippen LogP contribution in [-0.2, 0) is 21.4 Å². The van der Waals surface area contributed by atoms with Gasteiger partial charge < -0.3 is 13.7 Å². The Kier molecular flexibility index (Phi) is 6.48. The second-order valence-electron chi connectivity index (χ2n) is 9.98. The molecule has 3 rings (SSSR count). The van der Waals surface area contributed by atoms with E-state index in [9.17, 15) is 14.9 Å². The molecule has 2 unspecified atom stereocenters. The zero-order chi connectivity index (χ0) is 23.7. The maximum Gasteiger partial charge on any atom is 0.412 e. The molecule has 1 fully saturated rings. The van der Waals surface area contributed by atoms with E-state index in [1.54, 1.807) is 29.6 Å². The minimum Gasteiger partial charge on any atom is -0.444 e. The van der Waals surface area contributed by atoms with Crippen LogP contribution in [0.25, 0.3) is 0 Å². The van der Waals surface area contributed by atoms with Gasteiger partial charge in [-0.1, -0.05) is 20.8 Å². The Hall–Kier alpha value is -2.72. The number of hydrogen-bond donors (Lipinski definition) is 0. The highest BCUT2D eigenvalue weighted by atomic mass is 28.4. The van der Waals surface area contributed by atoms with Crippen molar-refractivity contribution in [2.24, 2.45) is 0 Å². The third-order valence-electron chi connectivity index (χ3n) is 6.64. The van der Waals surface area contributed by atoms with Gasteiger partial charge in [-0.2, -0.15) is 0 Å². The van der Waals surface area contributed by atoms with E-state index in [2.05, 4.69) is 38.8 Å². The summed E-state index contributed by atoms with van der Waals surface area (Å²) in [7, 11) is -2.03. The molecule has 1 aromatic carbocycles. The molecule has 1 aromatic heterocycles. The molecule has 174 valence electrons. The SMILES string of the molecule is CC1(n2ccnc2)CC(O[Si](C)(C)C(C)(C)C)CN1C(=O)OCc1ccc([N+](=O)[O-])cc1. The van der Waals surface area contributed by atoms with Crippen LogP contribution in [0.15, 0.2) is 43.0 Å². The lowest BCUT2D eigenvalue weighted by Crippen LogP contribution is -2.47. The second kappa shape index (κ2) is 8.66. The Morgan fingerprint density at radius 1 is 1.31 bits per heavy atom. The van der Waals surface area contributed by atoms with Crippen LogP contribution in [0.5, 0.6) is 0 Å². The largest absolute Gasteiger partial charge is 0.444 e. The molecule has 9 nitrogen and oxygen atoms in total. The molecule has 2 heterocycles. The predicted molar refractivity (Wildman–Crippen MR) is 123 cm³/mol. The van der Waals surface area contributed by atoms with Gasteiger partial charge in [-0.3, -0.25) is 15.0 Å². The van der Waals surface area contributed by atoms with Gasteiger partial charge in [-0.15, -0.1) is 0 Å². The monoisotopic (exact) mass is 460 g/mol. The smallest absolute Gasteiger partial charge is 0.412 e. The lowest BCUT2D eigenvalue weighted by Gasteiger charge is -2.38. The molecule has 0 radical (unpaired) electrons. The van der Waals surface area contributed by atoms with Crippen molar-refractivity contribution in [1.29, 1.82) is 0 Å². The van der Waals surface area contributed by atoms with Crippen molar-refractivity contribution >= 4 is 20.1 Å². The van der Waals surface area contributed by atoms with Crippen molar-refractivity contribution in [2.75, 3.05) is 6.54 Å². The fourth-order valence-electron chi connectivity index (χ4n) is 3.68. The summed E-state index contributed by atoms with van der Waals surface area (Å²) in [6, 6.07) is 5.98. The van der Waals surface area contributed by atoms with E-state index in [-0.39, 0.29) is 23.4 Å². The minimum atomic E-state index is -2.03. The summed E-state index contributed by atoms with van der Waals surface area (Å²) in [6.07, 6.45) is 5.28. The normalized spacial score (nSPS) is 21.6. The number of nitro groups is 1. The number of carbonyl (C=O) groups is 1. The minimum absolute atomic E-state index is 0.00192. The number of nitro benzene ring substituents is 1. The van der Waals surface area contributed by atoms with Crippen molar-refractivity contribution in [3.05, 3.63) is 58.7 Å². The third kappa shape index (κ3) is 4.86. The van der Waals surface area contributed by atoms with E-state index in [1.807, 2.05) is 17.7 Å². The zero-order valence-electron chi connectivity index (χ0n) is 19.6. The number of non-ortho nitro benzene ring substituents is 1. The highest BCUT2D eigenvalue weighted by Gasteiger charge is 2.50. The predicted octanol–water partition coefficient (Wildman–Crippen LogP) is 4.90. The number of nitrogens with zero attached hydrogens (tertiary/aromatic N) is 4. The maximum absolute atomic E-state index is 13.1. The van der Waals surface area contributed by atoms with Crippen molar-refractivity contribution in [3.8, 4) is 0 Å². The number of benzene rings is 1. The Labute approximate surface area is 189 Å². The van der Waals surface area contributed by atoms with Crippen LogP contribution in [0.3, 0.4) is 0 Å². The highest BCUT2D eigenvalue weighted by Crippen LogP contribution is 2.42. The molecule has 0 bridgehead atoms. The Morgan fingerprint density at radius 2 is 1.97 bits per heavy atom. The second-order valence-corrected chi connectivity index (χ2v) is 14.7. The van der Waals surface area contributed by atoms with Gasteiger partial charge in [-0.25, -0.2) is 9.78 Å². The molecule has 1 aliphatic rings. The Bertz CT molecular complexity index is 956. The van der Waals surface area contributed by atoms with E-state index in [4.69, 9.17) is 9.16 Å². The molecule has 0 N–H and O–H groups in total. The van der Waals surface area contributed by atoms with Crippen LogP contribution < -0.4 is 0 Å². The average molecular weight is 461 g/mol. The number of carbonyl (C=O) groups excluding carboxylic acids is 1. The van der Waals surface area contributed by atoms with Gasteiger partial charge in [-0.05, 0) is 42.8 Å². The topological polar surface area (TPSA) is 99.7 Å². The number of imidazole rings is 1. The summed E-state index contributed by atoms with van der Waals surface area (Å²) in [4.78, 5) is 29.3. The van der Waals surface area contributed by atoms with E-state index in [1.165, 1.54) is 12.1 Å². The number of rotatable bonds is 6. The molecule has 1 amide bonds. The first-order valence-corrected chi connectivity index (χ1v) is 13.6. The molecular formula is C22H32N4O5Si. The number of likely N-dealkylation sites (tertiary alicyclic amines) is 1. The van der Waals surface area contributed by atoms with E-state index < -0.39 is 25.0 Å². The molecule has 2 atom stereocenters. The summed E-state index contributed by atoms with van der Waals surface area (Å²) in [5.74, 6) is 0. The molecule has 0 aliphatic carbocycles. The fraction of sp³-hybridized carbons (Fsp3) is 0.545. The van der Waals surface area contributed by atoms with Crippen LogP contribution in [0.1, 0.15) is 39.7 Å². The summed E-state index contributed by atoms with van der Waals surface area (Å²) < 4.78 is 14.1. The van der Waals surface area contributed by atoms with Gasteiger partial charge in [0.15, 0.2) is 8.32 Å². The van der Waals surface area contributed by atoms with Crippen molar-refractivity contribution in [3.63, 3.8) is 0 Å². The lowest BCUT2D eigenvalue weighted by molar-refractivity contribution is -0.384. The van der Waals surface area contributed by atoms with E-state index in [0.29, 0.717) is 18.5 Å². The van der Waals surface area contributed by atoms with E-state index >= 15 is 0 Å². The molecule has 0 spiro atoms. The Morgan fingerprint density at radius 3 is 2.50 bits per heavy atom. The molecule has 1 aliphatic heterocycles. The molecule has 10 heteroatoms. The van der Waals surface area contributed by atoms with Crippen molar-refractivity contribution in [1.82, 2.24) is 14.5 Å². The van der Waals surface area contributed by atoms with Crippen LogP contribution >= 0.6 is 0 Å². The van der Waals surface area contributed by atoms with Crippen LogP contribution in [-0.4, -0.2) is 46.4 Å². The van der Waals surface area contributed by atoms with Gasteiger partial charge in [0.1, 0.15) is 12.3 Å². The van der Waals surface area contributed by atoms with Gasteiger partial charge in [0, 0.05) is 30.9 Å². The fourth-order valence-corrected chi connectivity index (χ4v) is 5.02. The van der Waals surface area contributed by atoms with Gasteiger partial charge in [0.25, 0.3) is 5.69 Å². The third-order valence-corrected chi connectivity index (χ3v) is 11.2. The van der Waals surface area contributed by atoms with Crippen LogP contribution in [0, 0.1) is 10.1 Å². The number of ether oxygens (including phenoxy) is 1. The van der Waals surface area contributed by atoms with E-state index in [0.717, 1.165) is 0 Å². The molecule has 1 saturated heterocycles. The molecule has 2 aromatic rings. The standard InChI is InChI=1S/C22H32N4O5Si/c1-21(2,3)32(5,6)31-19-13-22(4,24-12-11-23-16-24)25(14-19)20(27)30-15-17-7-9-18(10-8-17)26(28)29/h7-12,16,19H,13-15H2,1-6H3. The summed E-state index contributed by atoms with van der Waals surface area (Å²) >= 11 is 0.